The van der Waals surface area contributed by atoms with Crippen molar-refractivity contribution < 1.29 is 14.7 Å². The van der Waals surface area contributed by atoms with Gasteiger partial charge in [-0.1, -0.05) is 37.6 Å². The highest BCUT2D eigenvalue weighted by molar-refractivity contribution is 6.11. The number of amides is 1. The van der Waals surface area contributed by atoms with Crippen LogP contribution in [0.2, 0.25) is 0 Å². The average Bonchev–Trinajstić information content (AvgIpc) is 2.84. The molecule has 1 atom stereocenters. The highest BCUT2D eigenvalue weighted by Gasteiger charge is 2.50. The smallest absolute Gasteiger partial charge is 0.264 e. The fraction of sp³-hybridized carbons (Fsp3) is 0.391. The van der Waals surface area contributed by atoms with Crippen LogP contribution in [0.1, 0.15) is 58.8 Å². The van der Waals surface area contributed by atoms with Gasteiger partial charge in [-0.25, -0.2) is 0 Å². The van der Waals surface area contributed by atoms with Gasteiger partial charge in [0.15, 0.2) is 11.4 Å². The molecule has 3 rings (SSSR count). The van der Waals surface area contributed by atoms with Gasteiger partial charge in [0.05, 0.1) is 12.1 Å². The van der Waals surface area contributed by atoms with Gasteiger partial charge in [-0.3, -0.25) is 9.59 Å². The molecule has 4 heteroatoms. The second kappa shape index (κ2) is 7.28. The second-order valence-electron chi connectivity index (χ2n) is 7.54. The lowest BCUT2D eigenvalue weighted by Gasteiger charge is -2.23. The number of aliphatic hydroxyl groups is 1. The quantitative estimate of drug-likeness (QED) is 0.780. The molecule has 0 aromatic heterocycles. The number of hydrogen-bond acceptors (Lipinski definition) is 3. The minimum absolute atomic E-state index is 0.210. The molecular weight excluding hydrogens is 338 g/mol. The maximum Gasteiger partial charge on any atom is 0.264 e. The van der Waals surface area contributed by atoms with Crippen molar-refractivity contribution in [1.29, 1.82) is 0 Å². The maximum absolute atomic E-state index is 13.1. The molecule has 2 aromatic rings. The predicted molar refractivity (Wildman–Crippen MR) is 107 cm³/mol. The number of aryl methyl sites for hydroxylation is 3. The molecule has 2 aromatic carbocycles. The summed E-state index contributed by atoms with van der Waals surface area (Å²) in [5.74, 6) is -0.606. The number of benzene rings is 2. The Hall–Kier alpha value is -2.46. The van der Waals surface area contributed by atoms with Crippen molar-refractivity contribution in [1.82, 2.24) is 0 Å². The van der Waals surface area contributed by atoms with Crippen LogP contribution in [0, 0.1) is 20.8 Å². The highest BCUT2D eigenvalue weighted by atomic mass is 16.3. The summed E-state index contributed by atoms with van der Waals surface area (Å²) in [5, 5.41) is 11.3. The number of rotatable bonds is 6. The van der Waals surface area contributed by atoms with Crippen molar-refractivity contribution in [3.05, 3.63) is 64.2 Å². The van der Waals surface area contributed by atoms with Gasteiger partial charge < -0.3 is 10.0 Å². The fourth-order valence-electron chi connectivity index (χ4n) is 3.80. The summed E-state index contributed by atoms with van der Waals surface area (Å²) in [6.45, 7) is 8.47. The van der Waals surface area contributed by atoms with E-state index in [0.717, 1.165) is 29.5 Å². The monoisotopic (exact) mass is 365 g/mol. The number of ketones is 1. The summed E-state index contributed by atoms with van der Waals surface area (Å²) in [6, 6.07) is 11.1. The summed E-state index contributed by atoms with van der Waals surface area (Å²) >= 11 is 0. The lowest BCUT2D eigenvalue weighted by atomic mass is 9.86. The molecule has 0 unspecified atom stereocenters. The number of unbranched alkanes of at least 4 members (excludes halogenated alkanes) is 1. The Labute approximate surface area is 160 Å². The average molecular weight is 365 g/mol. The Bertz CT molecular complexity index is 902. The molecule has 4 nitrogen and oxygen atoms in total. The maximum atomic E-state index is 13.1. The molecule has 0 fully saturated rings. The molecule has 0 aliphatic carbocycles. The van der Waals surface area contributed by atoms with Crippen LogP contribution in [0.15, 0.2) is 36.4 Å². The molecule has 0 spiro atoms. The molecule has 1 heterocycles. The van der Waals surface area contributed by atoms with Gasteiger partial charge in [0.2, 0.25) is 0 Å². The number of nitrogens with zero attached hydrogens (tertiary/aromatic N) is 1. The summed E-state index contributed by atoms with van der Waals surface area (Å²) < 4.78 is 0. The minimum Gasteiger partial charge on any atom is -0.375 e. The molecule has 1 aliphatic heterocycles. The molecule has 27 heavy (non-hydrogen) atoms. The van der Waals surface area contributed by atoms with E-state index in [2.05, 4.69) is 6.92 Å². The number of fused-ring (bicyclic) bond motifs is 1. The van der Waals surface area contributed by atoms with E-state index in [1.54, 1.807) is 17.0 Å². The van der Waals surface area contributed by atoms with Crippen molar-refractivity contribution in [2.24, 2.45) is 0 Å². The van der Waals surface area contributed by atoms with Crippen LogP contribution in [0.25, 0.3) is 0 Å². The van der Waals surface area contributed by atoms with Gasteiger partial charge in [-0.15, -0.1) is 0 Å². The van der Waals surface area contributed by atoms with Crippen LogP contribution < -0.4 is 4.90 Å². The standard InChI is InChI=1S/C23H27NO3/c1-5-6-11-24-20-10-8-7-9-19(20)23(27,22(24)26)14-21(25)18-13-16(3)15(2)12-17(18)4/h7-10,12-13,27H,5-6,11,14H2,1-4H3/t23-/m0/s1. The van der Waals surface area contributed by atoms with E-state index in [4.69, 9.17) is 0 Å². The van der Waals surface area contributed by atoms with Crippen LogP contribution in [-0.4, -0.2) is 23.3 Å². The van der Waals surface area contributed by atoms with Crippen molar-refractivity contribution in [3.8, 4) is 0 Å². The molecule has 0 saturated heterocycles. The molecule has 1 N–H and O–H groups in total. The van der Waals surface area contributed by atoms with Crippen molar-refractivity contribution in [3.63, 3.8) is 0 Å². The van der Waals surface area contributed by atoms with Gasteiger partial charge in [0.1, 0.15) is 0 Å². The molecule has 0 bridgehead atoms. The Morgan fingerprint density at radius 2 is 1.74 bits per heavy atom. The summed E-state index contributed by atoms with van der Waals surface area (Å²) in [6.07, 6.45) is 1.56. The Kier molecular flexibility index (Phi) is 5.20. The molecule has 1 aliphatic rings. The first-order chi connectivity index (χ1) is 12.8. The lowest BCUT2D eigenvalue weighted by Crippen LogP contribution is -2.42. The highest BCUT2D eigenvalue weighted by Crippen LogP contribution is 2.43. The Morgan fingerprint density at radius 1 is 1.07 bits per heavy atom. The zero-order valence-electron chi connectivity index (χ0n) is 16.5. The normalized spacial score (nSPS) is 18.7. The second-order valence-corrected chi connectivity index (χ2v) is 7.54. The zero-order valence-corrected chi connectivity index (χ0v) is 16.5. The van der Waals surface area contributed by atoms with E-state index in [-0.39, 0.29) is 12.2 Å². The van der Waals surface area contributed by atoms with Gasteiger partial charge >= 0.3 is 0 Å². The van der Waals surface area contributed by atoms with Gasteiger partial charge in [0.25, 0.3) is 5.91 Å². The molecular formula is C23H27NO3. The van der Waals surface area contributed by atoms with Gasteiger partial charge in [0, 0.05) is 17.7 Å². The Morgan fingerprint density at radius 3 is 2.44 bits per heavy atom. The van der Waals surface area contributed by atoms with E-state index < -0.39 is 11.5 Å². The number of carbonyl (C=O) groups is 2. The SMILES string of the molecule is CCCCN1C(=O)[C@](O)(CC(=O)c2cc(C)c(C)cc2C)c2ccccc21. The third-order valence-corrected chi connectivity index (χ3v) is 5.53. The summed E-state index contributed by atoms with van der Waals surface area (Å²) in [5.41, 5.74) is 3.03. The largest absolute Gasteiger partial charge is 0.375 e. The zero-order chi connectivity index (χ0) is 19.8. The van der Waals surface area contributed by atoms with Crippen molar-refractivity contribution >= 4 is 17.4 Å². The first-order valence-corrected chi connectivity index (χ1v) is 9.54. The number of para-hydroxylation sites is 1. The molecule has 142 valence electrons. The van der Waals surface area contributed by atoms with Gasteiger partial charge in [-0.05, 0) is 56.0 Å². The third-order valence-electron chi connectivity index (χ3n) is 5.53. The van der Waals surface area contributed by atoms with Crippen molar-refractivity contribution in [2.75, 3.05) is 11.4 Å². The van der Waals surface area contributed by atoms with E-state index in [9.17, 15) is 14.7 Å². The van der Waals surface area contributed by atoms with Crippen molar-refractivity contribution in [2.45, 2.75) is 52.6 Å². The lowest BCUT2D eigenvalue weighted by molar-refractivity contribution is -0.135. The van der Waals surface area contributed by atoms with Crippen LogP contribution in [0.4, 0.5) is 5.69 Å². The molecule has 1 amide bonds. The predicted octanol–water partition coefficient (Wildman–Crippen LogP) is 4.22. The van der Waals surface area contributed by atoms with Crippen LogP contribution in [-0.2, 0) is 10.4 Å². The Balaban J connectivity index is 1.97. The topological polar surface area (TPSA) is 57.6 Å². The minimum atomic E-state index is -1.80. The molecule has 0 saturated carbocycles. The molecule has 0 radical (unpaired) electrons. The first kappa shape index (κ1) is 19.3. The fourth-order valence-corrected chi connectivity index (χ4v) is 3.80. The number of carbonyl (C=O) groups excluding carboxylic acids is 2. The van der Waals surface area contributed by atoms with E-state index in [1.165, 1.54) is 0 Å². The van der Waals surface area contributed by atoms with E-state index >= 15 is 0 Å². The number of anilines is 1. The van der Waals surface area contributed by atoms with E-state index in [1.807, 2.05) is 45.0 Å². The number of Topliss-reactive ketones (excluding diaryl/α,β-unsaturated/α-hetero) is 1. The van der Waals surface area contributed by atoms with Crippen LogP contribution in [0.5, 0.6) is 0 Å². The van der Waals surface area contributed by atoms with Crippen LogP contribution in [0.3, 0.4) is 0 Å². The summed E-state index contributed by atoms with van der Waals surface area (Å²) in [4.78, 5) is 27.7. The van der Waals surface area contributed by atoms with Gasteiger partial charge in [-0.2, -0.15) is 0 Å². The van der Waals surface area contributed by atoms with Crippen LogP contribution >= 0.6 is 0 Å². The third kappa shape index (κ3) is 3.30. The number of hydrogen-bond donors (Lipinski definition) is 1. The first-order valence-electron chi connectivity index (χ1n) is 9.54. The summed E-state index contributed by atoms with van der Waals surface area (Å²) in [7, 11) is 0. The van der Waals surface area contributed by atoms with E-state index in [0.29, 0.717) is 23.4 Å².